The number of rotatable bonds is 4. The fourth-order valence-electron chi connectivity index (χ4n) is 2.94. The number of amides is 1. The van der Waals surface area contributed by atoms with E-state index >= 15 is 4.39 Å². The van der Waals surface area contributed by atoms with Crippen LogP contribution in [0.4, 0.5) is 10.3 Å². The lowest BCUT2D eigenvalue weighted by Gasteiger charge is -2.18. The topological polar surface area (TPSA) is 87.7 Å². The lowest BCUT2D eigenvalue weighted by Crippen LogP contribution is -2.38. The predicted molar refractivity (Wildman–Crippen MR) is 93.4 cm³/mol. The standard InChI is InChI=1S/C17H14ClFN6O/c18-13-2-1-11(10-21-13)9-17(19)5-8-25(15(17)26)16-22-14(23-24-16)12-3-6-20-7-4-12/h1-4,6-7,10H,5,8-9H2,(H,22,23,24)/t17-/m0/s1. The Kier molecular flexibility index (Phi) is 4.12. The molecule has 1 aliphatic heterocycles. The van der Waals surface area contributed by atoms with Crippen molar-refractivity contribution in [2.45, 2.75) is 18.5 Å². The minimum absolute atomic E-state index is 0.0577. The van der Waals surface area contributed by atoms with Crippen molar-refractivity contribution in [1.29, 1.82) is 0 Å². The van der Waals surface area contributed by atoms with Gasteiger partial charge in [-0.2, -0.15) is 10.1 Å². The number of aromatic nitrogens is 5. The smallest absolute Gasteiger partial charge is 0.267 e. The van der Waals surface area contributed by atoms with Crippen LogP contribution in [0.5, 0.6) is 0 Å². The lowest BCUT2D eigenvalue weighted by molar-refractivity contribution is -0.127. The van der Waals surface area contributed by atoms with E-state index in [1.165, 1.54) is 11.1 Å². The maximum absolute atomic E-state index is 15.2. The zero-order valence-electron chi connectivity index (χ0n) is 13.6. The van der Waals surface area contributed by atoms with Crippen LogP contribution in [0, 0.1) is 0 Å². The van der Waals surface area contributed by atoms with Crippen LogP contribution in [0.2, 0.25) is 5.15 Å². The molecule has 1 atom stereocenters. The molecule has 3 aromatic heterocycles. The summed E-state index contributed by atoms with van der Waals surface area (Å²) in [5.41, 5.74) is -0.630. The third kappa shape index (κ3) is 3.03. The molecule has 1 amide bonds. The molecule has 26 heavy (non-hydrogen) atoms. The lowest BCUT2D eigenvalue weighted by atomic mass is 9.96. The highest BCUT2D eigenvalue weighted by atomic mass is 35.5. The van der Waals surface area contributed by atoms with Gasteiger partial charge in [-0.3, -0.25) is 14.7 Å². The van der Waals surface area contributed by atoms with Crippen molar-refractivity contribution in [1.82, 2.24) is 25.1 Å². The molecule has 1 N–H and O–H groups in total. The Morgan fingerprint density at radius 3 is 2.81 bits per heavy atom. The summed E-state index contributed by atoms with van der Waals surface area (Å²) in [5, 5.41) is 7.14. The summed E-state index contributed by atoms with van der Waals surface area (Å²) in [4.78, 5) is 26.1. The second kappa shape index (κ2) is 6.45. The molecule has 0 saturated carbocycles. The number of hydrogen-bond acceptors (Lipinski definition) is 5. The molecule has 7 nitrogen and oxygen atoms in total. The second-order valence-electron chi connectivity index (χ2n) is 6.06. The number of pyridine rings is 2. The fraction of sp³-hybridized carbons (Fsp3) is 0.235. The summed E-state index contributed by atoms with van der Waals surface area (Å²) in [5.74, 6) is 0.0221. The monoisotopic (exact) mass is 372 g/mol. The van der Waals surface area contributed by atoms with Crippen LogP contribution in [0.1, 0.15) is 12.0 Å². The van der Waals surface area contributed by atoms with Gasteiger partial charge in [0, 0.05) is 43.5 Å². The molecule has 9 heteroatoms. The van der Waals surface area contributed by atoms with Crippen LogP contribution < -0.4 is 4.90 Å². The molecule has 0 aliphatic carbocycles. The number of carbonyl (C=O) groups is 1. The molecule has 1 aliphatic rings. The van der Waals surface area contributed by atoms with Crippen molar-refractivity contribution in [3.8, 4) is 11.4 Å². The zero-order valence-corrected chi connectivity index (χ0v) is 14.3. The first-order chi connectivity index (χ1) is 12.5. The summed E-state index contributed by atoms with van der Waals surface area (Å²) in [6.45, 7) is 0.224. The number of alkyl halides is 1. The summed E-state index contributed by atoms with van der Waals surface area (Å²) < 4.78 is 15.2. The van der Waals surface area contributed by atoms with Gasteiger partial charge in [0.25, 0.3) is 5.91 Å². The molecule has 132 valence electrons. The first-order valence-corrected chi connectivity index (χ1v) is 8.37. The molecule has 0 unspecified atom stereocenters. The number of halogens is 2. The van der Waals surface area contributed by atoms with Crippen LogP contribution in [0.25, 0.3) is 11.4 Å². The number of aromatic amines is 1. The maximum atomic E-state index is 15.2. The van der Waals surface area contributed by atoms with Gasteiger partial charge in [-0.25, -0.2) is 14.5 Å². The van der Waals surface area contributed by atoms with Crippen molar-refractivity contribution >= 4 is 23.5 Å². The molecule has 0 spiro atoms. The SMILES string of the molecule is O=C1N(c2nc(-c3ccncc3)n[nH]2)CC[C@]1(F)Cc1ccc(Cl)nc1. The third-order valence-electron chi connectivity index (χ3n) is 4.30. The predicted octanol–water partition coefficient (Wildman–Crippen LogP) is 2.60. The number of H-pyrrole nitrogens is 1. The molecule has 1 saturated heterocycles. The van der Waals surface area contributed by atoms with Crippen LogP contribution in [-0.2, 0) is 11.2 Å². The zero-order chi connectivity index (χ0) is 18.1. The van der Waals surface area contributed by atoms with Gasteiger partial charge >= 0.3 is 0 Å². The van der Waals surface area contributed by atoms with Crippen molar-refractivity contribution in [2.75, 3.05) is 11.4 Å². The Labute approximate surface area is 153 Å². The van der Waals surface area contributed by atoms with Gasteiger partial charge in [0.1, 0.15) is 5.15 Å². The van der Waals surface area contributed by atoms with Crippen LogP contribution >= 0.6 is 11.6 Å². The average Bonchev–Trinajstić information content (AvgIpc) is 3.24. The van der Waals surface area contributed by atoms with E-state index in [4.69, 9.17) is 11.6 Å². The quantitative estimate of drug-likeness (QED) is 0.711. The molecular weight excluding hydrogens is 359 g/mol. The molecular formula is C17H14ClFN6O. The molecule has 4 heterocycles. The van der Waals surface area contributed by atoms with Crippen LogP contribution in [-0.4, -0.2) is 43.3 Å². The molecule has 0 radical (unpaired) electrons. The van der Waals surface area contributed by atoms with E-state index in [-0.39, 0.29) is 25.3 Å². The van der Waals surface area contributed by atoms with E-state index in [0.717, 1.165) is 5.56 Å². The van der Waals surface area contributed by atoms with Gasteiger partial charge in [-0.1, -0.05) is 17.7 Å². The van der Waals surface area contributed by atoms with E-state index in [0.29, 0.717) is 16.5 Å². The Balaban J connectivity index is 1.54. The van der Waals surface area contributed by atoms with E-state index in [1.54, 1.807) is 36.7 Å². The normalized spacial score (nSPS) is 19.9. The highest BCUT2D eigenvalue weighted by molar-refractivity contribution is 6.29. The number of anilines is 1. The molecule has 0 aromatic carbocycles. The summed E-state index contributed by atoms with van der Waals surface area (Å²) in [6.07, 6.45) is 4.74. The van der Waals surface area contributed by atoms with Gasteiger partial charge in [0.2, 0.25) is 5.95 Å². The van der Waals surface area contributed by atoms with Crippen molar-refractivity contribution in [3.63, 3.8) is 0 Å². The fourth-order valence-corrected chi connectivity index (χ4v) is 3.06. The number of nitrogens with one attached hydrogen (secondary N) is 1. The van der Waals surface area contributed by atoms with E-state index in [1.807, 2.05) is 0 Å². The minimum atomic E-state index is -2.00. The third-order valence-corrected chi connectivity index (χ3v) is 4.52. The van der Waals surface area contributed by atoms with Gasteiger partial charge in [-0.05, 0) is 23.8 Å². The van der Waals surface area contributed by atoms with Crippen molar-refractivity contribution in [2.24, 2.45) is 0 Å². The van der Waals surface area contributed by atoms with Gasteiger partial charge in [0.05, 0.1) is 0 Å². The molecule has 3 aromatic rings. The van der Waals surface area contributed by atoms with E-state index in [2.05, 4.69) is 25.1 Å². The molecule has 1 fully saturated rings. The van der Waals surface area contributed by atoms with Gasteiger partial charge in [-0.15, -0.1) is 0 Å². The Hall–Kier alpha value is -2.87. The first-order valence-electron chi connectivity index (χ1n) is 7.99. The van der Waals surface area contributed by atoms with E-state index in [9.17, 15) is 4.79 Å². The van der Waals surface area contributed by atoms with Gasteiger partial charge < -0.3 is 0 Å². The minimum Gasteiger partial charge on any atom is -0.278 e. The summed E-state index contributed by atoms with van der Waals surface area (Å²) >= 11 is 5.74. The Bertz CT molecular complexity index is 932. The number of nitrogens with zero attached hydrogens (tertiary/aromatic N) is 5. The number of hydrogen-bond donors (Lipinski definition) is 1. The van der Waals surface area contributed by atoms with Crippen LogP contribution in [0.3, 0.4) is 0 Å². The second-order valence-corrected chi connectivity index (χ2v) is 6.44. The Morgan fingerprint density at radius 2 is 2.08 bits per heavy atom. The van der Waals surface area contributed by atoms with Crippen molar-refractivity contribution in [3.05, 3.63) is 53.6 Å². The van der Waals surface area contributed by atoms with Crippen LogP contribution in [0.15, 0.2) is 42.9 Å². The molecule has 4 rings (SSSR count). The van der Waals surface area contributed by atoms with Crippen molar-refractivity contribution < 1.29 is 9.18 Å². The maximum Gasteiger partial charge on any atom is 0.267 e. The van der Waals surface area contributed by atoms with Gasteiger partial charge in [0.15, 0.2) is 11.5 Å². The number of carbonyl (C=O) groups excluding carboxylic acids is 1. The average molecular weight is 373 g/mol. The summed E-state index contributed by atoms with van der Waals surface area (Å²) in [7, 11) is 0. The Morgan fingerprint density at radius 1 is 1.27 bits per heavy atom. The largest absolute Gasteiger partial charge is 0.278 e. The highest BCUT2D eigenvalue weighted by Crippen LogP contribution is 2.33. The molecule has 0 bridgehead atoms. The highest BCUT2D eigenvalue weighted by Gasteiger charge is 2.48. The van der Waals surface area contributed by atoms with E-state index < -0.39 is 11.6 Å². The first kappa shape index (κ1) is 16.6. The summed E-state index contributed by atoms with van der Waals surface area (Å²) in [6, 6.07) is 6.76.